The van der Waals surface area contributed by atoms with Crippen LogP contribution in [0.25, 0.3) is 11.4 Å². The minimum absolute atomic E-state index is 0.0663. The molecule has 136 valence electrons. The number of hydrogen-bond acceptors (Lipinski definition) is 5. The van der Waals surface area contributed by atoms with Gasteiger partial charge in [-0.15, -0.1) is 0 Å². The van der Waals surface area contributed by atoms with Gasteiger partial charge in [-0.1, -0.05) is 5.16 Å². The van der Waals surface area contributed by atoms with Crippen molar-refractivity contribution in [1.82, 2.24) is 15.0 Å². The summed E-state index contributed by atoms with van der Waals surface area (Å²) in [6, 6.07) is 7.26. The molecule has 3 rings (SSSR count). The lowest BCUT2D eigenvalue weighted by molar-refractivity contribution is 0.0505. The van der Waals surface area contributed by atoms with Crippen LogP contribution in [0.15, 0.2) is 28.8 Å². The van der Waals surface area contributed by atoms with Gasteiger partial charge in [0.15, 0.2) is 0 Å². The fourth-order valence-electron chi connectivity index (χ4n) is 2.69. The van der Waals surface area contributed by atoms with E-state index in [0.717, 1.165) is 25.4 Å². The number of aromatic nitrogens is 2. The van der Waals surface area contributed by atoms with Gasteiger partial charge in [-0.25, -0.2) is 8.78 Å². The average Bonchev–Trinajstić information content (AvgIpc) is 3.27. The number of ether oxygens (including phenoxy) is 1. The van der Waals surface area contributed by atoms with Crippen molar-refractivity contribution in [2.75, 3.05) is 26.2 Å². The van der Waals surface area contributed by atoms with Crippen molar-refractivity contribution >= 4 is 0 Å². The minimum Gasteiger partial charge on any atom is -0.492 e. The monoisotopic (exact) mass is 351 g/mol. The molecule has 1 aliphatic heterocycles. The van der Waals surface area contributed by atoms with Crippen LogP contribution >= 0.6 is 0 Å². The second-order valence-corrected chi connectivity index (χ2v) is 6.87. The Morgan fingerprint density at radius 2 is 1.88 bits per heavy atom. The van der Waals surface area contributed by atoms with Crippen LogP contribution in [0.5, 0.6) is 5.75 Å². The van der Waals surface area contributed by atoms with Gasteiger partial charge in [0.25, 0.3) is 6.43 Å². The first-order chi connectivity index (χ1) is 12.0. The van der Waals surface area contributed by atoms with Crippen molar-refractivity contribution in [3.63, 3.8) is 0 Å². The minimum atomic E-state index is -2.58. The molecule has 1 aromatic carbocycles. The van der Waals surface area contributed by atoms with Crippen LogP contribution in [0.4, 0.5) is 8.78 Å². The topological polar surface area (TPSA) is 51.4 Å². The quantitative estimate of drug-likeness (QED) is 0.760. The summed E-state index contributed by atoms with van der Waals surface area (Å²) in [4.78, 5) is 6.50. The standard InChI is InChI=1S/C18H23F2N3O2/c1-18(2,16(19)20)17-21-15(22-25-17)13-5-7-14(8-6-13)24-12-11-23-9-3-4-10-23/h5-8,16H,3-4,9-12H2,1-2H3. The van der Waals surface area contributed by atoms with E-state index in [-0.39, 0.29) is 5.89 Å². The summed E-state index contributed by atoms with van der Waals surface area (Å²) in [7, 11) is 0. The highest BCUT2D eigenvalue weighted by Gasteiger charge is 2.37. The summed E-state index contributed by atoms with van der Waals surface area (Å²) in [5.41, 5.74) is -0.767. The Bertz CT molecular complexity index is 680. The van der Waals surface area contributed by atoms with Crippen LogP contribution < -0.4 is 4.74 Å². The highest BCUT2D eigenvalue weighted by molar-refractivity contribution is 5.55. The van der Waals surface area contributed by atoms with Crippen molar-refractivity contribution in [3.8, 4) is 17.1 Å². The molecule has 7 heteroatoms. The van der Waals surface area contributed by atoms with Gasteiger partial charge in [0, 0.05) is 12.1 Å². The summed E-state index contributed by atoms with van der Waals surface area (Å²) in [6.07, 6.45) is -0.0415. The Balaban J connectivity index is 1.59. The number of alkyl halides is 2. The Labute approximate surface area is 146 Å². The predicted octanol–water partition coefficient (Wildman–Crippen LogP) is 3.75. The number of benzene rings is 1. The SMILES string of the molecule is CC(C)(c1nc(-c2ccc(OCCN3CCCC3)cc2)no1)C(F)F. The molecule has 0 aliphatic carbocycles. The molecule has 0 bridgehead atoms. The van der Waals surface area contributed by atoms with E-state index in [2.05, 4.69) is 15.0 Å². The summed E-state index contributed by atoms with van der Waals surface area (Å²) < 4.78 is 36.9. The third kappa shape index (κ3) is 4.15. The molecule has 0 radical (unpaired) electrons. The maximum Gasteiger partial charge on any atom is 0.252 e. The van der Waals surface area contributed by atoms with E-state index in [9.17, 15) is 8.78 Å². The summed E-state index contributed by atoms with van der Waals surface area (Å²) in [5.74, 6) is 0.996. The summed E-state index contributed by atoms with van der Waals surface area (Å²) in [6.45, 7) is 6.64. The Hall–Kier alpha value is -2.02. The van der Waals surface area contributed by atoms with Crippen molar-refractivity contribution in [2.24, 2.45) is 0 Å². The van der Waals surface area contributed by atoms with Crippen molar-refractivity contribution in [1.29, 1.82) is 0 Å². The van der Waals surface area contributed by atoms with Gasteiger partial charge in [-0.05, 0) is 64.0 Å². The van der Waals surface area contributed by atoms with E-state index >= 15 is 0 Å². The molecule has 1 aliphatic rings. The second-order valence-electron chi connectivity index (χ2n) is 6.87. The fraction of sp³-hybridized carbons (Fsp3) is 0.556. The van der Waals surface area contributed by atoms with Gasteiger partial charge in [0.05, 0.1) is 0 Å². The summed E-state index contributed by atoms with van der Waals surface area (Å²) in [5, 5.41) is 3.81. The molecule has 0 saturated carbocycles. The first kappa shape index (κ1) is 17.8. The van der Waals surface area contributed by atoms with Crippen LogP contribution in [0.2, 0.25) is 0 Å². The molecule has 2 aromatic rings. The molecule has 5 nitrogen and oxygen atoms in total. The van der Waals surface area contributed by atoms with Gasteiger partial charge >= 0.3 is 0 Å². The molecule has 1 aromatic heterocycles. The highest BCUT2D eigenvalue weighted by Crippen LogP contribution is 2.30. The molecular formula is C18H23F2N3O2. The van der Waals surface area contributed by atoms with Crippen molar-refractivity contribution in [3.05, 3.63) is 30.2 Å². The smallest absolute Gasteiger partial charge is 0.252 e. The van der Waals surface area contributed by atoms with E-state index in [1.165, 1.54) is 26.7 Å². The Morgan fingerprint density at radius 3 is 2.52 bits per heavy atom. The van der Waals surface area contributed by atoms with Crippen LogP contribution in [-0.2, 0) is 5.41 Å². The molecule has 0 unspecified atom stereocenters. The first-order valence-electron chi connectivity index (χ1n) is 8.55. The van der Waals surface area contributed by atoms with Gasteiger partial charge < -0.3 is 9.26 Å². The third-order valence-corrected chi connectivity index (χ3v) is 4.51. The Morgan fingerprint density at radius 1 is 1.20 bits per heavy atom. The zero-order valence-corrected chi connectivity index (χ0v) is 14.5. The van der Waals surface area contributed by atoms with Crippen LogP contribution in [0.3, 0.4) is 0 Å². The number of rotatable bonds is 7. The van der Waals surface area contributed by atoms with Crippen LogP contribution in [0.1, 0.15) is 32.6 Å². The van der Waals surface area contributed by atoms with Crippen LogP contribution in [0, 0.1) is 0 Å². The third-order valence-electron chi connectivity index (χ3n) is 4.51. The lowest BCUT2D eigenvalue weighted by atomic mass is 9.94. The molecule has 0 N–H and O–H groups in total. The van der Waals surface area contributed by atoms with E-state index in [1.54, 1.807) is 12.1 Å². The molecule has 1 saturated heterocycles. The maximum absolute atomic E-state index is 13.0. The lowest BCUT2D eigenvalue weighted by Crippen LogP contribution is -2.27. The average molecular weight is 351 g/mol. The normalized spacial score (nSPS) is 15.9. The molecule has 0 atom stereocenters. The number of nitrogens with zero attached hydrogens (tertiary/aromatic N) is 3. The molecule has 0 amide bonds. The zero-order valence-electron chi connectivity index (χ0n) is 14.5. The van der Waals surface area contributed by atoms with Crippen LogP contribution in [-0.4, -0.2) is 47.7 Å². The second kappa shape index (κ2) is 7.47. The number of likely N-dealkylation sites (tertiary alicyclic amines) is 1. The van der Waals surface area contributed by atoms with Gasteiger partial charge in [0.2, 0.25) is 11.7 Å². The van der Waals surface area contributed by atoms with E-state index < -0.39 is 11.8 Å². The highest BCUT2D eigenvalue weighted by atomic mass is 19.3. The summed E-state index contributed by atoms with van der Waals surface area (Å²) >= 11 is 0. The largest absolute Gasteiger partial charge is 0.492 e. The molecular weight excluding hydrogens is 328 g/mol. The molecule has 1 fully saturated rings. The van der Waals surface area contributed by atoms with E-state index in [4.69, 9.17) is 9.26 Å². The molecule has 2 heterocycles. The van der Waals surface area contributed by atoms with Gasteiger partial charge in [0.1, 0.15) is 17.8 Å². The molecule has 25 heavy (non-hydrogen) atoms. The van der Waals surface area contributed by atoms with Crippen molar-refractivity contribution < 1.29 is 18.0 Å². The number of halogens is 2. The predicted molar refractivity (Wildman–Crippen MR) is 89.9 cm³/mol. The Kier molecular flexibility index (Phi) is 5.32. The maximum atomic E-state index is 13.0. The van der Waals surface area contributed by atoms with Gasteiger partial charge in [-0.3, -0.25) is 4.90 Å². The lowest BCUT2D eigenvalue weighted by Gasteiger charge is -2.17. The number of hydrogen-bond donors (Lipinski definition) is 0. The zero-order chi connectivity index (χ0) is 17.9. The van der Waals surface area contributed by atoms with E-state index in [0.29, 0.717) is 18.0 Å². The van der Waals surface area contributed by atoms with E-state index in [1.807, 2.05) is 12.1 Å². The van der Waals surface area contributed by atoms with Crippen molar-refractivity contribution in [2.45, 2.75) is 38.5 Å². The first-order valence-corrected chi connectivity index (χ1v) is 8.55. The fourth-order valence-corrected chi connectivity index (χ4v) is 2.69. The van der Waals surface area contributed by atoms with Gasteiger partial charge in [-0.2, -0.15) is 4.98 Å². The molecule has 0 spiro atoms.